The van der Waals surface area contributed by atoms with Crippen molar-refractivity contribution in [3.05, 3.63) is 34.9 Å². The summed E-state index contributed by atoms with van der Waals surface area (Å²) in [6, 6.07) is 2.62. The summed E-state index contributed by atoms with van der Waals surface area (Å²) in [5, 5.41) is 9.54. The summed E-state index contributed by atoms with van der Waals surface area (Å²) in [6.07, 6.45) is 22.7. The molecule has 0 radical (unpaired) electrons. The molecule has 5 atom stereocenters. The minimum atomic E-state index is 0.227. The zero-order valence-electron chi connectivity index (χ0n) is 15.3. The van der Waals surface area contributed by atoms with Crippen molar-refractivity contribution >= 4 is 0 Å². The molecule has 1 saturated carbocycles. The summed E-state index contributed by atoms with van der Waals surface area (Å²) in [5.74, 6) is 1.68. The van der Waals surface area contributed by atoms with Crippen LogP contribution in [0.2, 0.25) is 0 Å². The van der Waals surface area contributed by atoms with Gasteiger partial charge in [-0.1, -0.05) is 43.2 Å². The Morgan fingerprint density at radius 2 is 1.96 bits per heavy atom. The highest BCUT2D eigenvalue weighted by Gasteiger charge is 2.55. The molecule has 0 heterocycles. The maximum Gasteiger partial charge on any atom is 0.0661 e. The van der Waals surface area contributed by atoms with E-state index in [2.05, 4.69) is 57.9 Å². The second kappa shape index (κ2) is 5.97. The quantitative estimate of drug-likeness (QED) is 0.408. The van der Waals surface area contributed by atoms with Gasteiger partial charge in [-0.2, -0.15) is 5.26 Å². The molecule has 1 heteroatoms. The minimum absolute atomic E-state index is 0.227. The summed E-state index contributed by atoms with van der Waals surface area (Å²) < 4.78 is 0. The lowest BCUT2D eigenvalue weighted by Crippen LogP contribution is -2.42. The van der Waals surface area contributed by atoms with Crippen molar-refractivity contribution in [3.8, 4) is 18.9 Å². The largest absolute Gasteiger partial charge is 0.198 e. The number of hydrogen-bond acceptors (Lipinski definition) is 1. The van der Waals surface area contributed by atoms with Gasteiger partial charge in [0.05, 0.1) is 12.0 Å². The molecule has 1 fully saturated rings. The maximum absolute atomic E-state index is 9.54. The lowest BCUT2D eigenvalue weighted by atomic mass is 9.52. The van der Waals surface area contributed by atoms with Gasteiger partial charge in [0.25, 0.3) is 0 Å². The highest BCUT2D eigenvalue weighted by Crippen LogP contribution is 2.63. The minimum Gasteiger partial charge on any atom is -0.198 e. The van der Waals surface area contributed by atoms with Gasteiger partial charge >= 0.3 is 0 Å². The van der Waals surface area contributed by atoms with Crippen LogP contribution in [0.15, 0.2) is 34.9 Å². The Kier molecular flexibility index (Phi) is 4.25. The third-order valence-electron chi connectivity index (χ3n) is 7.50. The number of nitrogens with zero attached hydrogens (tertiary/aromatic N) is 1. The van der Waals surface area contributed by atoms with Gasteiger partial charge in [-0.25, -0.2) is 0 Å². The fourth-order valence-electron chi connectivity index (χ4n) is 5.99. The van der Waals surface area contributed by atoms with E-state index in [4.69, 9.17) is 0 Å². The van der Waals surface area contributed by atoms with Crippen LogP contribution in [-0.4, -0.2) is 0 Å². The van der Waals surface area contributed by atoms with Crippen LogP contribution in [0.3, 0.4) is 0 Å². The summed E-state index contributed by atoms with van der Waals surface area (Å²) in [5.41, 5.74) is 5.32. The van der Waals surface area contributed by atoms with Gasteiger partial charge in [-0.15, -0.1) is 12.8 Å². The van der Waals surface area contributed by atoms with Gasteiger partial charge < -0.3 is 0 Å². The first-order chi connectivity index (χ1) is 11.5. The lowest BCUT2D eigenvalue weighted by Gasteiger charge is -2.51. The van der Waals surface area contributed by atoms with Crippen molar-refractivity contribution in [1.29, 1.82) is 5.26 Å². The monoisotopic (exact) mass is 319 g/mol. The summed E-state index contributed by atoms with van der Waals surface area (Å²) in [4.78, 5) is 0. The first-order valence-corrected chi connectivity index (χ1v) is 9.30. The summed E-state index contributed by atoms with van der Waals surface area (Å²) >= 11 is 0. The zero-order chi connectivity index (χ0) is 17.5. The van der Waals surface area contributed by atoms with Gasteiger partial charge in [-0.05, 0) is 68.3 Å². The highest BCUT2D eigenvalue weighted by atomic mass is 14.6. The van der Waals surface area contributed by atoms with Gasteiger partial charge in [0.15, 0.2) is 0 Å². The first kappa shape index (κ1) is 17.1. The van der Waals surface area contributed by atoms with Crippen molar-refractivity contribution in [1.82, 2.24) is 0 Å². The molecule has 0 aromatic heterocycles. The molecule has 5 unspecified atom stereocenters. The normalized spacial score (nSPS) is 42.7. The Balaban J connectivity index is 0.000000815. The van der Waals surface area contributed by atoms with Crippen molar-refractivity contribution < 1.29 is 0 Å². The third kappa shape index (κ3) is 2.22. The average molecular weight is 319 g/mol. The molecule has 4 rings (SSSR count). The van der Waals surface area contributed by atoms with E-state index in [1.165, 1.54) is 31.3 Å². The highest BCUT2D eigenvalue weighted by molar-refractivity contribution is 5.45. The van der Waals surface area contributed by atoms with Crippen LogP contribution < -0.4 is 0 Å². The molecule has 0 N–H and O–H groups in total. The predicted octanol–water partition coefficient (Wildman–Crippen LogP) is 5.81. The fourth-order valence-corrected chi connectivity index (χ4v) is 5.99. The molecule has 126 valence electrons. The fraction of sp³-hybridized carbons (Fsp3) is 0.609. The van der Waals surface area contributed by atoms with E-state index >= 15 is 0 Å². The Morgan fingerprint density at radius 3 is 2.67 bits per heavy atom. The molecule has 0 amide bonds. The third-order valence-corrected chi connectivity index (χ3v) is 7.50. The topological polar surface area (TPSA) is 23.8 Å². The van der Waals surface area contributed by atoms with Gasteiger partial charge in [0.2, 0.25) is 0 Å². The van der Waals surface area contributed by atoms with Crippen LogP contribution in [0, 0.1) is 52.8 Å². The molecule has 1 nitrogen and oxygen atoms in total. The van der Waals surface area contributed by atoms with Crippen LogP contribution in [0.5, 0.6) is 0 Å². The SMILES string of the molecule is C#C.CC1=CC2=CCC3C(=CCC4(C)C(C#N)CCC34)C2(C)CC1. The molecular weight excluding hydrogens is 290 g/mol. The molecule has 0 bridgehead atoms. The Morgan fingerprint density at radius 1 is 1.21 bits per heavy atom. The number of hydrogen-bond donors (Lipinski definition) is 0. The van der Waals surface area contributed by atoms with Gasteiger partial charge in [-0.3, -0.25) is 0 Å². The van der Waals surface area contributed by atoms with E-state index in [0.29, 0.717) is 5.92 Å². The van der Waals surface area contributed by atoms with E-state index in [1.54, 1.807) is 11.1 Å². The predicted molar refractivity (Wildman–Crippen MR) is 99.8 cm³/mol. The zero-order valence-corrected chi connectivity index (χ0v) is 15.3. The summed E-state index contributed by atoms with van der Waals surface area (Å²) in [7, 11) is 0. The molecule has 0 saturated heterocycles. The first-order valence-electron chi connectivity index (χ1n) is 9.30. The number of rotatable bonds is 0. The Hall–Kier alpha value is -1.73. The van der Waals surface area contributed by atoms with E-state index in [1.807, 2.05) is 0 Å². The number of fused-ring (bicyclic) bond motifs is 5. The van der Waals surface area contributed by atoms with Gasteiger partial charge in [0, 0.05) is 5.41 Å². The molecule has 4 aliphatic carbocycles. The molecule has 0 spiro atoms. The Labute approximate surface area is 147 Å². The number of terminal acetylenes is 1. The standard InChI is InChI=1S/C21H27N.C2H2/c1-14-8-10-20(2)15(12-14)4-6-17-18-7-5-16(13-22)21(18,3)11-9-19(17)20;1-2/h4,9,12,16-18H,5-8,10-11H2,1-3H3;1-2H. The van der Waals surface area contributed by atoms with Crippen LogP contribution in [-0.2, 0) is 0 Å². The van der Waals surface area contributed by atoms with Crippen molar-refractivity contribution in [2.24, 2.45) is 28.6 Å². The van der Waals surface area contributed by atoms with Crippen molar-refractivity contribution in [2.75, 3.05) is 0 Å². The van der Waals surface area contributed by atoms with Crippen LogP contribution in [0.1, 0.15) is 59.3 Å². The van der Waals surface area contributed by atoms with Crippen molar-refractivity contribution in [2.45, 2.75) is 59.3 Å². The number of allylic oxidation sites excluding steroid dienone is 6. The Bertz CT molecular complexity index is 683. The molecular formula is C23H29N. The van der Waals surface area contributed by atoms with E-state index in [9.17, 15) is 5.26 Å². The van der Waals surface area contributed by atoms with E-state index in [-0.39, 0.29) is 16.7 Å². The van der Waals surface area contributed by atoms with Crippen LogP contribution >= 0.6 is 0 Å². The molecule has 24 heavy (non-hydrogen) atoms. The second-order valence-electron chi connectivity index (χ2n) is 8.56. The smallest absolute Gasteiger partial charge is 0.0661 e. The molecule has 0 aromatic rings. The molecule has 4 aliphatic rings. The molecule has 0 aliphatic heterocycles. The second-order valence-corrected chi connectivity index (χ2v) is 8.56. The average Bonchev–Trinajstić information content (AvgIpc) is 2.93. The van der Waals surface area contributed by atoms with Crippen molar-refractivity contribution in [3.63, 3.8) is 0 Å². The van der Waals surface area contributed by atoms with Gasteiger partial charge in [0.1, 0.15) is 0 Å². The van der Waals surface area contributed by atoms with E-state index in [0.717, 1.165) is 18.8 Å². The molecule has 0 aromatic carbocycles. The van der Waals surface area contributed by atoms with Crippen LogP contribution in [0.4, 0.5) is 0 Å². The summed E-state index contributed by atoms with van der Waals surface area (Å²) in [6.45, 7) is 7.13. The maximum atomic E-state index is 9.54. The van der Waals surface area contributed by atoms with E-state index < -0.39 is 0 Å². The van der Waals surface area contributed by atoms with Crippen LogP contribution in [0.25, 0.3) is 0 Å². The number of nitriles is 1. The lowest BCUT2D eigenvalue weighted by molar-refractivity contribution is 0.115.